The van der Waals surface area contributed by atoms with Gasteiger partial charge in [-0.3, -0.25) is 9.59 Å². The summed E-state index contributed by atoms with van der Waals surface area (Å²) in [6.07, 6.45) is -3.78. The van der Waals surface area contributed by atoms with Gasteiger partial charge in [-0.1, -0.05) is 61.5 Å². The first-order valence-electron chi connectivity index (χ1n) is 14.3. The molecule has 1 amide bonds. The second kappa shape index (κ2) is 10.5. The standard InChI is InChI=1S/C33H32F3N3O4/c1-32(19-15-20(32)17-37-16-19)31(42)38-25(30(41)43-3)14-18-8-6-11-22-21(18)10-7-12-23(22)27-28(33(34,35)36)24-9-4-5-13-26(24)39(2)29(27)40/h4-13,19-20,25,37H,14-17H2,1-3H3,(H,38,42)/t19?,20?,25-,32?/m0/s1. The number of nitrogens with one attached hydrogen (secondary N) is 2. The molecule has 1 aromatic heterocycles. The number of carbonyl (C=O) groups excluding carboxylic acids is 2. The van der Waals surface area contributed by atoms with Crippen molar-refractivity contribution < 1.29 is 27.5 Å². The van der Waals surface area contributed by atoms with Crippen molar-refractivity contribution in [2.24, 2.45) is 24.3 Å². The Morgan fingerprint density at radius 2 is 1.67 bits per heavy atom. The molecule has 0 radical (unpaired) electrons. The molecule has 1 aliphatic carbocycles. The van der Waals surface area contributed by atoms with E-state index in [0.29, 0.717) is 16.3 Å². The van der Waals surface area contributed by atoms with Gasteiger partial charge in [-0.2, -0.15) is 13.2 Å². The van der Waals surface area contributed by atoms with E-state index in [2.05, 4.69) is 10.6 Å². The number of halogens is 3. The third-order valence-electron chi connectivity index (χ3n) is 9.62. The number of para-hydroxylation sites is 1. The van der Waals surface area contributed by atoms with E-state index in [1.807, 2.05) is 6.92 Å². The predicted octanol–water partition coefficient (Wildman–Crippen LogP) is 4.82. The average Bonchev–Trinajstić information content (AvgIpc) is 3.01. The summed E-state index contributed by atoms with van der Waals surface area (Å²) in [7, 11) is 2.71. The van der Waals surface area contributed by atoms with Gasteiger partial charge < -0.3 is 19.9 Å². The van der Waals surface area contributed by atoms with Crippen molar-refractivity contribution in [2.45, 2.75) is 32.0 Å². The summed E-state index contributed by atoms with van der Waals surface area (Å²) in [4.78, 5) is 40.0. The van der Waals surface area contributed by atoms with Crippen molar-refractivity contribution in [2.75, 3.05) is 20.2 Å². The molecule has 2 N–H and O–H groups in total. The molecule has 2 fully saturated rings. The fourth-order valence-corrected chi connectivity index (χ4v) is 7.08. The molecule has 0 spiro atoms. The van der Waals surface area contributed by atoms with Crippen molar-refractivity contribution in [1.29, 1.82) is 0 Å². The van der Waals surface area contributed by atoms with Gasteiger partial charge in [0.25, 0.3) is 5.56 Å². The number of methoxy groups -OCH3 is 1. The summed E-state index contributed by atoms with van der Waals surface area (Å²) in [6, 6.07) is 14.9. The first-order valence-corrected chi connectivity index (χ1v) is 14.3. The van der Waals surface area contributed by atoms with Crippen molar-refractivity contribution in [3.8, 4) is 11.1 Å². The Morgan fingerprint density at radius 1 is 1.02 bits per heavy atom. The number of carbonyl (C=O) groups is 2. The van der Waals surface area contributed by atoms with Crippen LogP contribution in [0.25, 0.3) is 32.8 Å². The molecular formula is C33H32F3N3O4. The first kappa shape index (κ1) is 28.9. The van der Waals surface area contributed by atoms with E-state index in [4.69, 9.17) is 4.74 Å². The lowest BCUT2D eigenvalue weighted by Crippen LogP contribution is -2.66. The van der Waals surface area contributed by atoms with Gasteiger partial charge in [-0.05, 0) is 59.3 Å². The molecular weight excluding hydrogens is 559 g/mol. The maximum Gasteiger partial charge on any atom is 0.417 e. The molecule has 224 valence electrons. The van der Waals surface area contributed by atoms with Crippen LogP contribution < -0.4 is 16.2 Å². The van der Waals surface area contributed by atoms with Gasteiger partial charge in [0.2, 0.25) is 5.91 Å². The second-order valence-corrected chi connectivity index (χ2v) is 11.8. The molecule has 2 aliphatic rings. The normalized spacial score (nSPS) is 22.2. The number of aryl methyl sites for hydroxylation is 1. The second-order valence-electron chi connectivity index (χ2n) is 11.8. The minimum absolute atomic E-state index is 0.0602. The first-order chi connectivity index (χ1) is 20.5. The van der Waals surface area contributed by atoms with Crippen molar-refractivity contribution in [3.05, 3.63) is 82.1 Å². The maximum atomic E-state index is 14.6. The van der Waals surface area contributed by atoms with Crippen LogP contribution in [0.5, 0.6) is 0 Å². The van der Waals surface area contributed by atoms with E-state index in [1.54, 1.807) is 36.4 Å². The Kier molecular flexibility index (Phi) is 7.07. The molecule has 43 heavy (non-hydrogen) atoms. The number of hydrogen-bond donors (Lipinski definition) is 2. The van der Waals surface area contributed by atoms with E-state index < -0.39 is 40.3 Å². The molecule has 6 rings (SSSR count). The highest BCUT2D eigenvalue weighted by atomic mass is 19.4. The quantitative estimate of drug-likeness (QED) is 0.314. The summed E-state index contributed by atoms with van der Waals surface area (Å²) < 4.78 is 50.2. The molecule has 4 aromatic rings. The van der Waals surface area contributed by atoms with Gasteiger partial charge in [0.05, 0.1) is 29.2 Å². The summed E-state index contributed by atoms with van der Waals surface area (Å²) in [6.45, 7) is 3.41. The van der Waals surface area contributed by atoms with Crippen LogP contribution in [-0.2, 0) is 34.0 Å². The highest BCUT2D eigenvalue weighted by molar-refractivity contribution is 6.02. The molecule has 2 heterocycles. The van der Waals surface area contributed by atoms with Gasteiger partial charge in [-0.25, -0.2) is 4.79 Å². The topological polar surface area (TPSA) is 89.4 Å². The van der Waals surface area contributed by atoms with Crippen LogP contribution in [0, 0.1) is 17.3 Å². The molecule has 1 aliphatic heterocycles. The van der Waals surface area contributed by atoms with Gasteiger partial charge in [-0.15, -0.1) is 0 Å². The summed E-state index contributed by atoms with van der Waals surface area (Å²) in [5, 5.41) is 7.18. The van der Waals surface area contributed by atoms with Gasteiger partial charge in [0.15, 0.2) is 0 Å². The number of nitrogens with zero attached hydrogens (tertiary/aromatic N) is 1. The van der Waals surface area contributed by atoms with Crippen LogP contribution in [0.4, 0.5) is 13.2 Å². The lowest BCUT2D eigenvalue weighted by Gasteiger charge is -2.57. The Labute approximate surface area is 246 Å². The smallest absolute Gasteiger partial charge is 0.417 e. The number of esters is 1. The molecule has 2 unspecified atom stereocenters. The minimum atomic E-state index is -4.80. The third-order valence-corrected chi connectivity index (χ3v) is 9.62. The lowest BCUT2D eigenvalue weighted by atomic mass is 9.51. The molecule has 7 nitrogen and oxygen atoms in total. The number of alkyl halides is 3. The Balaban J connectivity index is 1.45. The minimum Gasteiger partial charge on any atom is -0.467 e. The van der Waals surface area contributed by atoms with Crippen LogP contribution in [-0.4, -0.2) is 42.7 Å². The zero-order valence-corrected chi connectivity index (χ0v) is 24.0. The molecule has 1 saturated heterocycles. The number of pyridine rings is 1. The molecule has 1 saturated carbocycles. The summed E-state index contributed by atoms with van der Waals surface area (Å²) >= 11 is 0. The van der Waals surface area contributed by atoms with Gasteiger partial charge in [0.1, 0.15) is 6.04 Å². The SMILES string of the molecule is COC(=O)[C@H](Cc1cccc2c(-c3c(C(F)(F)F)c4ccccc4n(C)c3=O)cccc12)NC(=O)C1(C)C2CNCC1C2. The Hall–Kier alpha value is -4.18. The zero-order valence-electron chi connectivity index (χ0n) is 24.0. The number of ether oxygens (including phenoxy) is 1. The fraction of sp³-hybridized carbons (Fsp3) is 0.364. The summed E-state index contributed by atoms with van der Waals surface area (Å²) in [5.74, 6) is -0.467. The van der Waals surface area contributed by atoms with Crippen molar-refractivity contribution in [3.63, 3.8) is 0 Å². The van der Waals surface area contributed by atoms with E-state index in [1.165, 1.54) is 43.0 Å². The molecule has 10 heteroatoms. The zero-order chi connectivity index (χ0) is 30.7. The van der Waals surface area contributed by atoms with Crippen LogP contribution in [0.15, 0.2) is 65.5 Å². The molecule has 3 atom stereocenters. The number of amides is 1. The number of rotatable bonds is 6. The average molecular weight is 592 g/mol. The number of piperidine rings is 2. The largest absolute Gasteiger partial charge is 0.467 e. The van der Waals surface area contributed by atoms with E-state index >= 15 is 0 Å². The fourth-order valence-electron chi connectivity index (χ4n) is 7.08. The van der Waals surface area contributed by atoms with E-state index in [9.17, 15) is 27.6 Å². The van der Waals surface area contributed by atoms with Crippen LogP contribution in [0.1, 0.15) is 24.5 Å². The van der Waals surface area contributed by atoms with Crippen LogP contribution in [0.3, 0.4) is 0 Å². The van der Waals surface area contributed by atoms with E-state index in [-0.39, 0.29) is 40.6 Å². The molecule has 2 bridgehead atoms. The monoisotopic (exact) mass is 591 g/mol. The highest BCUT2D eigenvalue weighted by Crippen LogP contribution is 2.53. The number of hydrogen-bond acceptors (Lipinski definition) is 5. The van der Waals surface area contributed by atoms with E-state index in [0.717, 1.165) is 19.5 Å². The summed E-state index contributed by atoms with van der Waals surface area (Å²) in [5.41, 5.74) is -1.84. The third kappa shape index (κ3) is 4.59. The molecule has 3 aromatic carbocycles. The highest BCUT2D eigenvalue weighted by Gasteiger charge is 2.58. The lowest BCUT2D eigenvalue weighted by molar-refractivity contribution is -0.158. The predicted molar refractivity (Wildman–Crippen MR) is 157 cm³/mol. The van der Waals surface area contributed by atoms with Crippen LogP contribution in [0.2, 0.25) is 0 Å². The number of aromatic nitrogens is 1. The van der Waals surface area contributed by atoms with Gasteiger partial charge >= 0.3 is 12.1 Å². The van der Waals surface area contributed by atoms with Gasteiger partial charge in [0, 0.05) is 18.9 Å². The van der Waals surface area contributed by atoms with Crippen molar-refractivity contribution in [1.82, 2.24) is 15.2 Å². The Morgan fingerprint density at radius 3 is 2.35 bits per heavy atom. The number of fused-ring (bicyclic) bond motifs is 4. The Bertz CT molecular complexity index is 1820. The maximum absolute atomic E-state index is 14.6. The van der Waals surface area contributed by atoms with Crippen LogP contribution >= 0.6 is 0 Å². The number of benzene rings is 3. The van der Waals surface area contributed by atoms with Crippen molar-refractivity contribution >= 4 is 33.6 Å².